The van der Waals surface area contributed by atoms with E-state index in [9.17, 15) is 29.4 Å². The Morgan fingerprint density at radius 3 is 2.52 bits per heavy atom. The molecule has 3 atom stereocenters. The number of benzene rings is 2. The van der Waals surface area contributed by atoms with Gasteiger partial charge in [-0.25, -0.2) is 4.79 Å². The molecular formula is C26H23N5O6S3. The Bertz CT molecular complexity index is 1510. The summed E-state index contributed by atoms with van der Waals surface area (Å²) in [7, 11) is 0. The van der Waals surface area contributed by atoms with Crippen molar-refractivity contribution in [1.82, 2.24) is 25.7 Å². The number of phenols is 1. The van der Waals surface area contributed by atoms with Gasteiger partial charge in [-0.2, -0.15) is 0 Å². The van der Waals surface area contributed by atoms with Gasteiger partial charge in [-0.15, -0.1) is 22.0 Å². The topological polar surface area (TPSA) is 162 Å². The van der Waals surface area contributed by atoms with E-state index in [1.54, 1.807) is 42.5 Å². The minimum atomic E-state index is -1.22. The summed E-state index contributed by atoms with van der Waals surface area (Å²) in [6.07, 6.45) is 0. The second-order valence-corrected chi connectivity index (χ2v) is 12.4. The first-order chi connectivity index (χ1) is 19.2. The molecule has 1 aromatic heterocycles. The van der Waals surface area contributed by atoms with Crippen LogP contribution in [0.2, 0.25) is 0 Å². The summed E-state index contributed by atoms with van der Waals surface area (Å²) in [4.78, 5) is 52.9. The molecule has 40 heavy (non-hydrogen) atoms. The third-order valence-corrected chi connectivity index (χ3v) is 9.64. The van der Waals surface area contributed by atoms with Crippen LogP contribution in [-0.2, 0) is 14.4 Å². The predicted octanol–water partition coefficient (Wildman–Crippen LogP) is 2.55. The zero-order valence-electron chi connectivity index (χ0n) is 20.9. The second kappa shape index (κ2) is 11.7. The average Bonchev–Trinajstić information content (AvgIpc) is 3.38. The number of rotatable bonds is 9. The van der Waals surface area contributed by atoms with Crippen molar-refractivity contribution in [2.24, 2.45) is 0 Å². The van der Waals surface area contributed by atoms with Gasteiger partial charge in [0, 0.05) is 11.5 Å². The highest BCUT2D eigenvalue weighted by molar-refractivity contribution is 8.01. The molecule has 0 saturated carbocycles. The van der Waals surface area contributed by atoms with Gasteiger partial charge in [0.15, 0.2) is 4.34 Å². The summed E-state index contributed by atoms with van der Waals surface area (Å²) in [5.74, 6) is -2.61. The summed E-state index contributed by atoms with van der Waals surface area (Å²) in [6.45, 7) is 1.83. The maximum Gasteiger partial charge on any atom is 0.352 e. The fourth-order valence-electron chi connectivity index (χ4n) is 4.34. The maximum absolute atomic E-state index is 13.4. The number of aromatic nitrogens is 2. The number of nitrogens with one attached hydrogen (secondary N) is 2. The van der Waals surface area contributed by atoms with Gasteiger partial charge in [-0.05, 0) is 30.2 Å². The molecule has 3 amide bonds. The average molecular weight is 598 g/mol. The van der Waals surface area contributed by atoms with Gasteiger partial charge >= 0.3 is 5.97 Å². The summed E-state index contributed by atoms with van der Waals surface area (Å²) in [5, 5.41) is 33.6. The molecule has 0 spiro atoms. The molecule has 2 aliphatic heterocycles. The standard InChI is InChI=1S/C26H23N5O6S3/c1-13-29-30-26(40-13)39-12-15-11-38-24-19(23(35)31(24)20(15)25(36)37)28-22(34)18(14-7-3-2-4-8-14)27-21(33)16-9-5-6-10-17(16)32/h2-10,18-19,24,32H,11-12H2,1H3,(H,27,33)(H,28,34)(H,36,37)/t18-,19?,24-/m0/s1. The van der Waals surface area contributed by atoms with Crippen LogP contribution in [0.25, 0.3) is 0 Å². The number of carbonyl (C=O) groups is 4. The molecule has 1 saturated heterocycles. The molecule has 3 heterocycles. The number of nitrogens with zero attached hydrogens (tertiary/aromatic N) is 3. The van der Waals surface area contributed by atoms with Gasteiger partial charge in [0.1, 0.15) is 33.9 Å². The smallest absolute Gasteiger partial charge is 0.352 e. The Hall–Kier alpha value is -3.88. The Balaban J connectivity index is 1.32. The minimum Gasteiger partial charge on any atom is -0.507 e. The number of hydrogen-bond acceptors (Lipinski definition) is 10. The molecule has 0 bridgehead atoms. The van der Waals surface area contributed by atoms with E-state index in [1.807, 2.05) is 6.92 Å². The summed E-state index contributed by atoms with van der Waals surface area (Å²) in [6, 6.07) is 12.3. The molecule has 14 heteroatoms. The van der Waals surface area contributed by atoms with E-state index in [-0.39, 0.29) is 17.0 Å². The Morgan fingerprint density at radius 2 is 1.85 bits per heavy atom. The summed E-state index contributed by atoms with van der Waals surface area (Å²) >= 11 is 4.12. The van der Waals surface area contributed by atoms with Crippen molar-refractivity contribution in [3.8, 4) is 5.75 Å². The number of thioether (sulfide) groups is 2. The number of hydrogen-bond donors (Lipinski definition) is 4. The van der Waals surface area contributed by atoms with Crippen LogP contribution in [0.4, 0.5) is 0 Å². The van der Waals surface area contributed by atoms with E-state index < -0.39 is 41.1 Å². The minimum absolute atomic E-state index is 0.00436. The van der Waals surface area contributed by atoms with Crippen LogP contribution < -0.4 is 10.6 Å². The van der Waals surface area contributed by atoms with Crippen molar-refractivity contribution in [3.05, 3.63) is 82.0 Å². The largest absolute Gasteiger partial charge is 0.507 e. The third kappa shape index (κ3) is 5.55. The lowest BCUT2D eigenvalue weighted by molar-refractivity contribution is -0.151. The highest BCUT2D eigenvalue weighted by atomic mass is 32.2. The summed E-state index contributed by atoms with van der Waals surface area (Å²) in [5.41, 5.74) is 0.971. The normalized spacial score (nSPS) is 18.9. The molecule has 2 aliphatic rings. The van der Waals surface area contributed by atoms with Crippen molar-refractivity contribution in [2.45, 2.75) is 28.7 Å². The number of carboxylic acid groups (broad SMARTS) is 1. The van der Waals surface area contributed by atoms with Crippen LogP contribution in [0.15, 0.2) is 70.2 Å². The molecule has 1 unspecified atom stereocenters. The Labute approximate surface area is 241 Å². The first-order valence-electron chi connectivity index (χ1n) is 12.0. The van der Waals surface area contributed by atoms with Gasteiger partial charge in [0.05, 0.1) is 5.56 Å². The van der Waals surface area contributed by atoms with Crippen molar-refractivity contribution < 1.29 is 29.4 Å². The number of phenolic OH excluding ortho intramolecular Hbond substituents is 1. The van der Waals surface area contributed by atoms with E-state index in [2.05, 4.69) is 20.8 Å². The zero-order valence-corrected chi connectivity index (χ0v) is 23.4. The first kappa shape index (κ1) is 27.7. The van der Waals surface area contributed by atoms with Crippen LogP contribution >= 0.6 is 34.9 Å². The number of β-lactam (4-membered cyclic amide) rings is 1. The lowest BCUT2D eigenvalue weighted by atomic mass is 10.0. The van der Waals surface area contributed by atoms with E-state index in [4.69, 9.17) is 0 Å². The number of carboxylic acids is 1. The maximum atomic E-state index is 13.4. The number of aromatic hydroxyl groups is 1. The molecule has 0 aliphatic carbocycles. The van der Waals surface area contributed by atoms with E-state index in [1.165, 1.54) is 51.9 Å². The van der Waals surface area contributed by atoms with E-state index in [0.717, 1.165) is 5.01 Å². The van der Waals surface area contributed by atoms with Gasteiger partial charge in [0.2, 0.25) is 5.91 Å². The fourth-order valence-corrected chi connectivity index (χ4v) is 7.64. The molecule has 11 nitrogen and oxygen atoms in total. The highest BCUT2D eigenvalue weighted by Gasteiger charge is 2.54. The van der Waals surface area contributed by atoms with Crippen molar-refractivity contribution >= 4 is 58.6 Å². The molecule has 206 valence electrons. The quantitative estimate of drug-likeness (QED) is 0.213. The molecule has 0 radical (unpaired) electrons. The van der Waals surface area contributed by atoms with Crippen LogP contribution in [-0.4, -0.2) is 71.9 Å². The van der Waals surface area contributed by atoms with E-state index >= 15 is 0 Å². The third-order valence-electron chi connectivity index (χ3n) is 6.24. The molecular weight excluding hydrogens is 575 g/mol. The fraction of sp³-hybridized carbons (Fsp3) is 0.231. The number of para-hydroxylation sites is 1. The molecule has 5 rings (SSSR count). The van der Waals surface area contributed by atoms with Gasteiger partial charge in [0.25, 0.3) is 11.8 Å². The lowest BCUT2D eigenvalue weighted by Crippen LogP contribution is -2.71. The SMILES string of the molecule is Cc1nnc(SCC2=C(C(=O)O)N3C(=O)C(NC(=O)[C@@H](NC(=O)c4ccccc4O)c4ccccc4)[C@@H]3SC2)s1. The van der Waals surface area contributed by atoms with Crippen LogP contribution in [0.1, 0.15) is 27.0 Å². The first-order valence-corrected chi connectivity index (χ1v) is 14.9. The van der Waals surface area contributed by atoms with E-state index in [0.29, 0.717) is 27.0 Å². The Kier molecular flexibility index (Phi) is 8.09. The lowest BCUT2D eigenvalue weighted by Gasteiger charge is -2.49. The second-order valence-electron chi connectivity index (χ2n) is 8.86. The van der Waals surface area contributed by atoms with Crippen LogP contribution in [0.3, 0.4) is 0 Å². The zero-order chi connectivity index (χ0) is 28.4. The Morgan fingerprint density at radius 1 is 1.12 bits per heavy atom. The number of aliphatic carboxylic acids is 1. The van der Waals surface area contributed by atoms with Crippen molar-refractivity contribution in [1.29, 1.82) is 0 Å². The summed E-state index contributed by atoms with van der Waals surface area (Å²) < 4.78 is 0.708. The number of amides is 3. The van der Waals surface area contributed by atoms with Crippen LogP contribution in [0.5, 0.6) is 5.75 Å². The van der Waals surface area contributed by atoms with Gasteiger partial charge in [-0.3, -0.25) is 19.3 Å². The van der Waals surface area contributed by atoms with Crippen molar-refractivity contribution in [3.63, 3.8) is 0 Å². The highest BCUT2D eigenvalue weighted by Crippen LogP contribution is 2.42. The van der Waals surface area contributed by atoms with Gasteiger partial charge in [-0.1, -0.05) is 65.6 Å². The molecule has 1 fully saturated rings. The van der Waals surface area contributed by atoms with Gasteiger partial charge < -0.3 is 20.8 Å². The molecule has 3 aromatic rings. The molecule has 2 aromatic carbocycles. The predicted molar refractivity (Wildman–Crippen MR) is 150 cm³/mol. The monoisotopic (exact) mass is 597 g/mol. The molecule has 4 N–H and O–H groups in total. The van der Waals surface area contributed by atoms with Crippen LogP contribution in [0, 0.1) is 6.92 Å². The number of fused-ring (bicyclic) bond motifs is 1. The number of aryl methyl sites for hydroxylation is 1. The number of carbonyl (C=O) groups excluding carboxylic acids is 3. The van der Waals surface area contributed by atoms with Crippen molar-refractivity contribution in [2.75, 3.05) is 11.5 Å².